The molecule has 1 aliphatic carbocycles. The maximum Gasteiger partial charge on any atom is 0.270 e. The number of H-pyrrole nitrogens is 1. The number of benzene rings is 1. The van der Waals surface area contributed by atoms with E-state index in [1.165, 1.54) is 23.5 Å². The molecule has 0 saturated heterocycles. The average molecular weight is 508 g/mol. The zero-order valence-corrected chi connectivity index (χ0v) is 20.2. The van der Waals surface area contributed by atoms with Crippen LogP contribution in [0, 0.1) is 11.3 Å². The Balaban J connectivity index is 1.33. The molecule has 1 amide bonds. The van der Waals surface area contributed by atoms with Gasteiger partial charge in [0.1, 0.15) is 16.3 Å². The maximum atomic E-state index is 12.7. The molecule has 35 heavy (non-hydrogen) atoms. The minimum Gasteiger partial charge on any atom is -0.381 e. The normalized spacial score (nSPS) is 17.5. The SMILES string of the molecule is CNC(=O)c1csc(-c2cnc3[nH]ccc3c2N[C@H]2C[C@@H](NS(=O)(=O)c3cccc(C#N)c3)C2)n1. The molecule has 1 aliphatic rings. The number of amides is 1. The van der Waals surface area contributed by atoms with Crippen molar-refractivity contribution in [3.8, 4) is 16.6 Å². The van der Waals surface area contributed by atoms with E-state index < -0.39 is 10.0 Å². The smallest absolute Gasteiger partial charge is 0.270 e. The molecule has 10 nitrogen and oxygen atoms in total. The molecule has 5 rings (SSSR count). The second kappa shape index (κ2) is 9.10. The highest BCUT2D eigenvalue weighted by molar-refractivity contribution is 7.89. The Morgan fingerprint density at radius 2 is 2.09 bits per heavy atom. The van der Waals surface area contributed by atoms with Crippen molar-refractivity contribution >= 4 is 44.0 Å². The van der Waals surface area contributed by atoms with Gasteiger partial charge in [-0.2, -0.15) is 5.26 Å². The van der Waals surface area contributed by atoms with Crippen molar-refractivity contribution in [1.82, 2.24) is 25.0 Å². The van der Waals surface area contributed by atoms with E-state index in [0.717, 1.165) is 16.6 Å². The summed E-state index contributed by atoms with van der Waals surface area (Å²) in [6.07, 6.45) is 4.70. The summed E-state index contributed by atoms with van der Waals surface area (Å²) in [6, 6.07) is 9.65. The molecule has 0 atom stereocenters. The monoisotopic (exact) mass is 507 g/mol. The minimum atomic E-state index is -3.72. The highest BCUT2D eigenvalue weighted by atomic mass is 32.2. The van der Waals surface area contributed by atoms with Crippen molar-refractivity contribution in [1.29, 1.82) is 5.26 Å². The highest BCUT2D eigenvalue weighted by Gasteiger charge is 2.34. The van der Waals surface area contributed by atoms with Gasteiger partial charge in [0.2, 0.25) is 10.0 Å². The van der Waals surface area contributed by atoms with E-state index in [1.54, 1.807) is 37.0 Å². The van der Waals surface area contributed by atoms with Crippen LogP contribution in [0.2, 0.25) is 0 Å². The van der Waals surface area contributed by atoms with Crippen LogP contribution in [0.15, 0.2) is 53.0 Å². The second-order valence-electron chi connectivity index (χ2n) is 8.17. The number of rotatable bonds is 7. The molecule has 12 heteroatoms. The number of carbonyl (C=O) groups is 1. The third kappa shape index (κ3) is 4.49. The Morgan fingerprint density at radius 1 is 1.26 bits per heavy atom. The molecule has 0 unspecified atom stereocenters. The van der Waals surface area contributed by atoms with Gasteiger partial charge in [-0.15, -0.1) is 11.3 Å². The first-order valence-corrected chi connectivity index (χ1v) is 13.2. The quantitative estimate of drug-likeness (QED) is 0.300. The lowest BCUT2D eigenvalue weighted by Gasteiger charge is -2.37. The van der Waals surface area contributed by atoms with Gasteiger partial charge in [0, 0.05) is 42.3 Å². The van der Waals surface area contributed by atoms with Crippen molar-refractivity contribution in [3.63, 3.8) is 0 Å². The van der Waals surface area contributed by atoms with Crippen LogP contribution >= 0.6 is 11.3 Å². The van der Waals surface area contributed by atoms with Crippen LogP contribution in [-0.2, 0) is 10.0 Å². The van der Waals surface area contributed by atoms with Gasteiger partial charge in [-0.25, -0.2) is 23.1 Å². The van der Waals surface area contributed by atoms with E-state index in [2.05, 4.69) is 30.3 Å². The molecule has 1 aromatic carbocycles. The van der Waals surface area contributed by atoms with Crippen LogP contribution in [0.3, 0.4) is 0 Å². The van der Waals surface area contributed by atoms with E-state index in [1.807, 2.05) is 12.1 Å². The van der Waals surface area contributed by atoms with Crippen LogP contribution in [0.5, 0.6) is 0 Å². The number of carbonyl (C=O) groups excluding carboxylic acids is 1. The van der Waals surface area contributed by atoms with Crippen molar-refractivity contribution in [2.75, 3.05) is 12.4 Å². The summed E-state index contributed by atoms with van der Waals surface area (Å²) in [5.41, 5.74) is 2.96. The molecule has 0 spiro atoms. The Hall–Kier alpha value is -3.79. The molecule has 3 heterocycles. The number of hydrogen-bond donors (Lipinski definition) is 4. The van der Waals surface area contributed by atoms with Crippen molar-refractivity contribution in [2.24, 2.45) is 0 Å². The number of anilines is 1. The number of fused-ring (bicyclic) bond motifs is 1. The van der Waals surface area contributed by atoms with Crippen molar-refractivity contribution < 1.29 is 13.2 Å². The Morgan fingerprint density at radius 3 is 2.86 bits per heavy atom. The summed E-state index contributed by atoms with van der Waals surface area (Å²) >= 11 is 1.36. The van der Waals surface area contributed by atoms with Gasteiger partial charge in [0.15, 0.2) is 0 Å². The zero-order valence-electron chi connectivity index (χ0n) is 18.6. The summed E-state index contributed by atoms with van der Waals surface area (Å²) in [7, 11) is -2.17. The third-order valence-corrected chi connectivity index (χ3v) is 8.26. The zero-order chi connectivity index (χ0) is 24.6. The lowest BCUT2D eigenvalue weighted by Crippen LogP contribution is -2.49. The average Bonchev–Trinajstić information content (AvgIpc) is 3.52. The predicted molar refractivity (Wildman–Crippen MR) is 133 cm³/mol. The first-order valence-electron chi connectivity index (χ1n) is 10.8. The number of pyridine rings is 1. The van der Waals surface area contributed by atoms with Gasteiger partial charge in [0.25, 0.3) is 5.91 Å². The number of thiazole rings is 1. The molecule has 4 aromatic rings. The third-order valence-electron chi connectivity index (χ3n) is 5.86. The van der Waals surface area contributed by atoms with Gasteiger partial charge >= 0.3 is 0 Å². The number of nitrogens with one attached hydrogen (secondary N) is 4. The number of nitrogens with zero attached hydrogens (tertiary/aromatic N) is 3. The molecule has 0 radical (unpaired) electrons. The van der Waals surface area contributed by atoms with Crippen LogP contribution in [0.4, 0.5) is 5.69 Å². The van der Waals surface area contributed by atoms with Crippen molar-refractivity contribution in [2.45, 2.75) is 29.8 Å². The van der Waals surface area contributed by atoms with Gasteiger partial charge in [0.05, 0.1) is 27.8 Å². The van der Waals surface area contributed by atoms with E-state index >= 15 is 0 Å². The Bertz CT molecular complexity index is 1560. The van der Waals surface area contributed by atoms with E-state index in [0.29, 0.717) is 34.8 Å². The minimum absolute atomic E-state index is 0.0331. The van der Waals surface area contributed by atoms with E-state index in [9.17, 15) is 13.2 Å². The first kappa shape index (κ1) is 23.0. The Labute approximate surface area is 205 Å². The molecule has 0 aliphatic heterocycles. The number of aromatic nitrogens is 3. The van der Waals surface area contributed by atoms with Gasteiger partial charge in [-0.05, 0) is 37.1 Å². The molecule has 178 valence electrons. The topological polar surface area (TPSA) is 153 Å². The fourth-order valence-electron chi connectivity index (χ4n) is 4.01. The highest BCUT2D eigenvalue weighted by Crippen LogP contribution is 2.37. The van der Waals surface area contributed by atoms with Crippen LogP contribution in [0.1, 0.15) is 28.9 Å². The van der Waals surface area contributed by atoms with Gasteiger partial charge in [-0.1, -0.05) is 6.07 Å². The van der Waals surface area contributed by atoms with E-state index in [4.69, 9.17) is 5.26 Å². The number of sulfonamides is 1. The van der Waals surface area contributed by atoms with E-state index in [-0.39, 0.29) is 22.9 Å². The Kier molecular flexibility index (Phi) is 5.98. The molecule has 3 aromatic heterocycles. The molecular formula is C23H21N7O3S2. The largest absolute Gasteiger partial charge is 0.381 e. The molecule has 1 saturated carbocycles. The number of hydrogen-bond acceptors (Lipinski definition) is 8. The van der Waals surface area contributed by atoms with Crippen LogP contribution in [-0.4, -0.2) is 48.4 Å². The van der Waals surface area contributed by atoms with Crippen LogP contribution < -0.4 is 15.4 Å². The summed E-state index contributed by atoms with van der Waals surface area (Å²) in [5.74, 6) is -0.257. The maximum absolute atomic E-state index is 12.7. The summed E-state index contributed by atoms with van der Waals surface area (Å²) in [6.45, 7) is 0. The second-order valence-corrected chi connectivity index (χ2v) is 10.7. The summed E-state index contributed by atoms with van der Waals surface area (Å²) in [4.78, 5) is 24.1. The fourth-order valence-corrected chi connectivity index (χ4v) is 6.13. The summed E-state index contributed by atoms with van der Waals surface area (Å²) in [5, 5.41) is 18.4. The molecule has 4 N–H and O–H groups in total. The fraction of sp³-hybridized carbons (Fsp3) is 0.217. The molecule has 0 bridgehead atoms. The number of nitriles is 1. The first-order chi connectivity index (χ1) is 16.9. The van der Waals surface area contributed by atoms with Gasteiger partial charge in [-0.3, -0.25) is 4.79 Å². The molecule has 1 fully saturated rings. The lowest BCUT2D eigenvalue weighted by atomic mass is 9.87. The van der Waals surface area contributed by atoms with Crippen LogP contribution in [0.25, 0.3) is 21.6 Å². The standard InChI is InChI=1S/C23H21N7O3S2/c1-25-22(31)19-12-34-23(29-19)18-11-27-21-17(5-6-26-21)20(18)28-14-8-15(9-14)30-35(32,33)16-4-2-3-13(7-16)10-24/h2-7,11-12,14-15,30H,8-9H2,1H3,(H,25,31)(H2,26,27,28)/t14-,15+. The lowest BCUT2D eigenvalue weighted by molar-refractivity contribution is 0.0959. The van der Waals surface area contributed by atoms with Crippen molar-refractivity contribution in [3.05, 3.63) is 59.4 Å². The molecular weight excluding hydrogens is 486 g/mol. The number of aromatic amines is 1. The predicted octanol–water partition coefficient (Wildman–Crippen LogP) is 2.84. The van der Waals surface area contributed by atoms with Gasteiger partial charge < -0.3 is 15.6 Å². The summed E-state index contributed by atoms with van der Waals surface area (Å²) < 4.78 is 28.2.